The summed E-state index contributed by atoms with van der Waals surface area (Å²) in [5.41, 5.74) is 6.52. The number of halogens is 2. The van der Waals surface area contributed by atoms with Crippen molar-refractivity contribution in [1.29, 1.82) is 0 Å². The van der Waals surface area contributed by atoms with E-state index in [0.29, 0.717) is 11.3 Å². The molecule has 2 N–H and O–H groups in total. The van der Waals surface area contributed by atoms with Gasteiger partial charge in [-0.2, -0.15) is 0 Å². The van der Waals surface area contributed by atoms with Gasteiger partial charge in [-0.05, 0) is 31.0 Å². The third-order valence-corrected chi connectivity index (χ3v) is 8.26. The fraction of sp³-hybridized carbons (Fsp3) is 0.588. The van der Waals surface area contributed by atoms with Crippen LogP contribution in [0.4, 0.5) is 5.69 Å². The number of rotatable bonds is 13. The molecule has 28 heavy (non-hydrogen) atoms. The van der Waals surface area contributed by atoms with Gasteiger partial charge in [-0.25, -0.2) is 16.8 Å². The van der Waals surface area contributed by atoms with Gasteiger partial charge >= 0.3 is 0 Å². The Bertz CT molecular complexity index is 803. The van der Waals surface area contributed by atoms with Gasteiger partial charge in [0.05, 0.1) is 23.0 Å². The number of hydrogen-bond donors (Lipinski definition) is 1. The number of nitrogens with two attached hydrogens (primary N) is 1. The van der Waals surface area contributed by atoms with Gasteiger partial charge in [0.25, 0.3) is 5.91 Å². The Labute approximate surface area is 177 Å². The van der Waals surface area contributed by atoms with Crippen molar-refractivity contribution >= 4 is 54.5 Å². The van der Waals surface area contributed by atoms with Gasteiger partial charge in [-0.1, -0.05) is 6.07 Å². The highest BCUT2D eigenvalue weighted by atomic mass is 35.5. The smallest absolute Gasteiger partial charge is 0.253 e. The number of carbonyl (C=O) groups excluding carboxylic acids is 1. The largest absolute Gasteiger partial charge is 0.399 e. The first-order valence-electron chi connectivity index (χ1n) is 8.78. The van der Waals surface area contributed by atoms with Crippen LogP contribution in [0.5, 0.6) is 0 Å². The summed E-state index contributed by atoms with van der Waals surface area (Å²) >= 11 is 11.0. The van der Waals surface area contributed by atoms with E-state index in [2.05, 4.69) is 0 Å². The molecule has 0 radical (unpaired) electrons. The molecule has 0 spiro atoms. The Balaban J connectivity index is 2.80. The molecule has 0 unspecified atom stereocenters. The molecule has 1 amide bonds. The molecule has 0 saturated carbocycles. The second-order valence-electron chi connectivity index (χ2n) is 6.31. The highest BCUT2D eigenvalue weighted by Gasteiger charge is 2.19. The van der Waals surface area contributed by atoms with Crippen LogP contribution in [-0.2, 0) is 19.7 Å². The van der Waals surface area contributed by atoms with Crippen LogP contribution in [0.3, 0.4) is 0 Å². The molecule has 1 aromatic carbocycles. The molecule has 0 aliphatic heterocycles. The van der Waals surface area contributed by atoms with Crippen molar-refractivity contribution in [2.45, 2.75) is 12.8 Å². The second-order valence-corrected chi connectivity index (χ2v) is 11.7. The standard InChI is InChI=1S/C17H26Cl2N2O5S2/c18-6-12-27(23,24)10-2-8-21(9-3-11-28(25,26)13-7-19)17(22)15-4-1-5-16(20)14-15/h1,4-5,14H,2-3,6-13,20H2. The summed E-state index contributed by atoms with van der Waals surface area (Å²) in [6.07, 6.45) is 0.476. The molecule has 0 saturated heterocycles. The summed E-state index contributed by atoms with van der Waals surface area (Å²) in [6, 6.07) is 6.44. The molecular weight excluding hydrogens is 447 g/mol. The first kappa shape index (κ1) is 25.0. The topological polar surface area (TPSA) is 115 Å². The molecule has 0 aliphatic carbocycles. The lowest BCUT2D eigenvalue weighted by Crippen LogP contribution is -2.35. The SMILES string of the molecule is Nc1cccc(C(=O)N(CCCS(=O)(=O)CCCl)CCCS(=O)(=O)CCCl)c1. The number of hydrogen-bond acceptors (Lipinski definition) is 6. The van der Waals surface area contributed by atoms with Gasteiger partial charge in [0.15, 0.2) is 19.7 Å². The summed E-state index contributed by atoms with van der Waals surface area (Å²) in [6.45, 7) is 0.370. The van der Waals surface area contributed by atoms with Crippen LogP contribution in [0.15, 0.2) is 24.3 Å². The summed E-state index contributed by atoms with van der Waals surface area (Å²) in [7, 11) is -6.55. The Hall–Kier alpha value is -1.03. The van der Waals surface area contributed by atoms with Crippen molar-refractivity contribution in [3.63, 3.8) is 0 Å². The van der Waals surface area contributed by atoms with E-state index in [9.17, 15) is 21.6 Å². The number of carbonyl (C=O) groups is 1. The number of alkyl halides is 2. The van der Waals surface area contributed by atoms with Crippen LogP contribution in [0.25, 0.3) is 0 Å². The highest BCUT2D eigenvalue weighted by Crippen LogP contribution is 2.12. The van der Waals surface area contributed by atoms with E-state index >= 15 is 0 Å². The van der Waals surface area contributed by atoms with Gasteiger partial charge in [0.2, 0.25) is 0 Å². The van der Waals surface area contributed by atoms with Gasteiger partial charge < -0.3 is 10.6 Å². The average molecular weight is 473 g/mol. The minimum absolute atomic E-state index is 0.0205. The lowest BCUT2D eigenvalue weighted by molar-refractivity contribution is 0.0756. The number of nitrogens with zero attached hydrogens (tertiary/aromatic N) is 1. The fourth-order valence-corrected chi connectivity index (χ4v) is 5.99. The van der Waals surface area contributed by atoms with Crippen LogP contribution in [0, 0.1) is 0 Å². The molecule has 11 heteroatoms. The summed E-state index contributed by atoms with van der Waals surface area (Å²) < 4.78 is 47.3. The maximum absolute atomic E-state index is 12.8. The van der Waals surface area contributed by atoms with E-state index in [-0.39, 0.29) is 66.6 Å². The summed E-state index contributed by atoms with van der Waals surface area (Å²) in [5, 5.41) is 0. The Morgan fingerprint density at radius 1 is 0.893 bits per heavy atom. The molecule has 0 bridgehead atoms. The monoisotopic (exact) mass is 472 g/mol. The maximum atomic E-state index is 12.8. The number of benzene rings is 1. The zero-order valence-corrected chi connectivity index (χ0v) is 18.7. The van der Waals surface area contributed by atoms with E-state index < -0.39 is 19.7 Å². The Kier molecular flexibility index (Phi) is 10.6. The number of anilines is 1. The number of amides is 1. The molecule has 1 aromatic rings. The van der Waals surface area contributed by atoms with Crippen LogP contribution in [0.2, 0.25) is 0 Å². The average Bonchev–Trinajstić information content (AvgIpc) is 2.59. The normalized spacial score (nSPS) is 12.1. The molecule has 7 nitrogen and oxygen atoms in total. The summed E-state index contributed by atoms with van der Waals surface area (Å²) in [4.78, 5) is 14.2. The molecule has 160 valence electrons. The van der Waals surface area contributed by atoms with Crippen LogP contribution < -0.4 is 5.73 Å². The second kappa shape index (κ2) is 11.8. The van der Waals surface area contributed by atoms with Crippen LogP contribution in [-0.4, -0.2) is 75.5 Å². The Morgan fingerprint density at radius 3 is 1.82 bits per heavy atom. The Morgan fingerprint density at radius 2 is 1.39 bits per heavy atom. The van der Waals surface area contributed by atoms with Gasteiger partial charge in [0.1, 0.15) is 0 Å². The van der Waals surface area contributed by atoms with E-state index in [4.69, 9.17) is 28.9 Å². The lowest BCUT2D eigenvalue weighted by Gasteiger charge is -2.23. The zero-order valence-electron chi connectivity index (χ0n) is 15.5. The minimum atomic E-state index is -3.28. The molecular formula is C17H26Cl2N2O5S2. The third-order valence-electron chi connectivity index (χ3n) is 3.96. The quantitative estimate of drug-likeness (QED) is 0.345. The predicted octanol–water partition coefficient (Wildman–Crippen LogP) is 1.80. The highest BCUT2D eigenvalue weighted by molar-refractivity contribution is 7.91. The molecule has 1 rings (SSSR count). The predicted molar refractivity (Wildman–Crippen MR) is 115 cm³/mol. The molecule has 0 fully saturated rings. The fourth-order valence-electron chi connectivity index (χ4n) is 2.56. The first-order valence-corrected chi connectivity index (χ1v) is 13.5. The zero-order chi connectivity index (χ0) is 21.2. The minimum Gasteiger partial charge on any atom is -0.399 e. The molecule has 0 aliphatic rings. The number of sulfone groups is 2. The molecule has 0 aromatic heterocycles. The third kappa shape index (κ3) is 9.45. The van der Waals surface area contributed by atoms with Gasteiger partial charge in [-0.3, -0.25) is 4.79 Å². The maximum Gasteiger partial charge on any atom is 0.253 e. The molecule has 0 heterocycles. The molecule has 0 atom stereocenters. The van der Waals surface area contributed by atoms with Crippen molar-refractivity contribution in [2.24, 2.45) is 0 Å². The lowest BCUT2D eigenvalue weighted by atomic mass is 10.1. The van der Waals surface area contributed by atoms with Gasteiger partial charge in [0, 0.05) is 36.1 Å². The van der Waals surface area contributed by atoms with Crippen molar-refractivity contribution in [3.05, 3.63) is 29.8 Å². The van der Waals surface area contributed by atoms with E-state index in [0.717, 1.165) is 0 Å². The van der Waals surface area contributed by atoms with E-state index in [1.807, 2.05) is 0 Å². The van der Waals surface area contributed by atoms with Crippen molar-refractivity contribution < 1.29 is 21.6 Å². The van der Waals surface area contributed by atoms with Crippen molar-refractivity contribution in [2.75, 3.05) is 53.6 Å². The first-order chi connectivity index (χ1) is 13.1. The van der Waals surface area contributed by atoms with Crippen LogP contribution >= 0.6 is 23.2 Å². The van der Waals surface area contributed by atoms with Gasteiger partial charge in [-0.15, -0.1) is 23.2 Å². The number of nitrogen functional groups attached to an aromatic ring is 1. The van der Waals surface area contributed by atoms with E-state index in [1.165, 1.54) is 11.0 Å². The van der Waals surface area contributed by atoms with E-state index in [1.54, 1.807) is 18.2 Å². The van der Waals surface area contributed by atoms with Crippen LogP contribution in [0.1, 0.15) is 23.2 Å². The van der Waals surface area contributed by atoms with Crippen molar-refractivity contribution in [1.82, 2.24) is 4.90 Å². The summed E-state index contributed by atoms with van der Waals surface area (Å²) in [5.74, 6) is -0.699. The van der Waals surface area contributed by atoms with Crippen molar-refractivity contribution in [3.8, 4) is 0 Å².